The average Bonchev–Trinajstić information content (AvgIpc) is 3.24. The Bertz CT molecular complexity index is 1690. The molecule has 0 N–H and O–H groups in total. The Morgan fingerprint density at radius 1 is 0.429 bits per heavy atom. The van der Waals surface area contributed by atoms with E-state index in [4.69, 9.17) is 18.9 Å². The standard InChI is InChI=1S/2C23H36O7S.Ca/c2*1-3-4-5-6-7-8-9-10-11-14-17-29-22(24)20-15-12-13-16-21(20)23(25)30-18-19(2)31(26,27)28;/h2*12-13,15-16,19H,3-11,14,17-18H2,1-2H3,(H,26,27,28);/q;;+2/p-2. The summed E-state index contributed by atoms with van der Waals surface area (Å²) in [6, 6.07) is 12.0. The molecule has 2 unspecified atom stereocenters. The molecule has 0 aliphatic carbocycles. The van der Waals surface area contributed by atoms with E-state index >= 15 is 0 Å². The van der Waals surface area contributed by atoms with Crippen LogP contribution in [-0.4, -0.2) is 124 Å². The topological polar surface area (TPSA) is 220 Å². The number of hydrogen-bond donors (Lipinski definition) is 0. The van der Waals surface area contributed by atoms with Crippen LogP contribution < -0.4 is 0 Å². The number of carbonyl (C=O) groups excluding carboxylic acids is 4. The molecule has 17 heteroatoms. The summed E-state index contributed by atoms with van der Waals surface area (Å²) in [5.74, 6) is -3.01. The maximum atomic E-state index is 12.4. The van der Waals surface area contributed by atoms with Crippen LogP contribution in [0.3, 0.4) is 0 Å². The van der Waals surface area contributed by atoms with Gasteiger partial charge in [0.15, 0.2) is 0 Å². The summed E-state index contributed by atoms with van der Waals surface area (Å²) in [5.41, 5.74) is 0.0616. The molecule has 2 aromatic rings. The average molecular weight is 951 g/mol. The number of carbonyl (C=O) groups is 4. The molecule has 352 valence electrons. The first-order chi connectivity index (χ1) is 29.5. The van der Waals surface area contributed by atoms with Gasteiger partial charge in [-0.05, 0) is 51.0 Å². The molecule has 0 aromatic heterocycles. The predicted molar refractivity (Wildman–Crippen MR) is 242 cm³/mol. The molecule has 0 radical (unpaired) electrons. The summed E-state index contributed by atoms with van der Waals surface area (Å²) >= 11 is 0. The van der Waals surface area contributed by atoms with Gasteiger partial charge in [0.1, 0.15) is 33.5 Å². The third kappa shape index (κ3) is 28.1. The number of rotatable bonds is 32. The van der Waals surface area contributed by atoms with Gasteiger partial charge in [-0.15, -0.1) is 0 Å². The number of benzene rings is 2. The Balaban J connectivity index is 0.00000120. The van der Waals surface area contributed by atoms with Crippen molar-refractivity contribution >= 4 is 81.9 Å². The summed E-state index contributed by atoms with van der Waals surface area (Å²) in [7, 11) is -9.11. The fraction of sp³-hybridized carbons (Fsp3) is 0.652. The molecule has 2 rings (SSSR count). The molecule has 0 fully saturated rings. The molecule has 14 nitrogen and oxygen atoms in total. The van der Waals surface area contributed by atoms with Gasteiger partial charge in [-0.1, -0.05) is 154 Å². The van der Waals surface area contributed by atoms with Crippen LogP contribution in [0.15, 0.2) is 48.5 Å². The number of esters is 4. The van der Waals surface area contributed by atoms with E-state index in [1.807, 2.05) is 0 Å². The van der Waals surface area contributed by atoms with Crippen molar-refractivity contribution in [1.29, 1.82) is 0 Å². The summed E-state index contributed by atoms with van der Waals surface area (Å²) in [5, 5.41) is -2.74. The fourth-order valence-electron chi connectivity index (χ4n) is 6.05. The van der Waals surface area contributed by atoms with Crippen molar-refractivity contribution in [3.8, 4) is 0 Å². The smallest absolute Gasteiger partial charge is 0.748 e. The molecule has 0 spiro atoms. The molecule has 2 atom stereocenters. The van der Waals surface area contributed by atoms with Crippen molar-refractivity contribution in [2.75, 3.05) is 26.4 Å². The van der Waals surface area contributed by atoms with E-state index in [2.05, 4.69) is 13.8 Å². The first-order valence-electron chi connectivity index (χ1n) is 22.3. The van der Waals surface area contributed by atoms with Gasteiger partial charge in [-0.25, -0.2) is 36.0 Å². The Labute approximate surface area is 406 Å². The second-order valence-electron chi connectivity index (χ2n) is 15.5. The van der Waals surface area contributed by atoms with Crippen LogP contribution in [0, 0.1) is 0 Å². The number of ether oxygens (including phenoxy) is 4. The van der Waals surface area contributed by atoms with Crippen molar-refractivity contribution in [2.45, 2.75) is 167 Å². The monoisotopic (exact) mass is 950 g/mol. The molecule has 0 heterocycles. The van der Waals surface area contributed by atoms with E-state index in [1.165, 1.54) is 114 Å². The van der Waals surface area contributed by atoms with Gasteiger partial charge in [-0.2, -0.15) is 0 Å². The van der Waals surface area contributed by atoms with Crippen molar-refractivity contribution in [3.63, 3.8) is 0 Å². The van der Waals surface area contributed by atoms with Crippen molar-refractivity contribution in [3.05, 3.63) is 70.8 Å². The number of hydrogen-bond acceptors (Lipinski definition) is 14. The summed E-state index contributed by atoms with van der Waals surface area (Å²) < 4.78 is 85.8. The quantitative estimate of drug-likeness (QED) is 0.0219. The minimum absolute atomic E-state index is 0. The van der Waals surface area contributed by atoms with E-state index in [-0.39, 0.29) is 73.2 Å². The van der Waals surface area contributed by atoms with Gasteiger partial charge in [0.25, 0.3) is 0 Å². The zero-order valence-electron chi connectivity index (χ0n) is 38.0. The van der Waals surface area contributed by atoms with Gasteiger partial charge in [0.2, 0.25) is 0 Å². The third-order valence-corrected chi connectivity index (χ3v) is 12.3. The van der Waals surface area contributed by atoms with E-state index in [0.717, 1.165) is 52.4 Å². The molecule has 0 aliphatic heterocycles. The summed E-state index contributed by atoms with van der Waals surface area (Å²) in [4.78, 5) is 49.2. The zero-order chi connectivity index (χ0) is 46.2. The largest absolute Gasteiger partial charge is 2.00 e. The Hall–Kier alpha value is -2.60. The Morgan fingerprint density at radius 3 is 0.889 bits per heavy atom. The summed E-state index contributed by atoms with van der Waals surface area (Å²) in [6.07, 6.45) is 23.5. The first-order valence-corrected chi connectivity index (χ1v) is 25.2. The van der Waals surface area contributed by atoms with Crippen molar-refractivity contribution < 1.29 is 64.1 Å². The normalized spacial score (nSPS) is 12.2. The molecule has 63 heavy (non-hydrogen) atoms. The molecule has 0 aliphatic rings. The maximum absolute atomic E-state index is 12.4. The van der Waals surface area contributed by atoms with E-state index in [1.54, 1.807) is 24.3 Å². The van der Waals surface area contributed by atoms with Crippen LogP contribution in [0.5, 0.6) is 0 Å². The minimum Gasteiger partial charge on any atom is -0.748 e. The maximum Gasteiger partial charge on any atom is 2.00 e. The van der Waals surface area contributed by atoms with E-state index in [9.17, 15) is 45.1 Å². The molecule has 2 aromatic carbocycles. The van der Waals surface area contributed by atoms with Crippen molar-refractivity contribution in [2.24, 2.45) is 0 Å². The predicted octanol–water partition coefficient (Wildman–Crippen LogP) is 9.33. The second-order valence-corrected chi connectivity index (χ2v) is 19.1. The van der Waals surface area contributed by atoms with E-state index < -0.39 is 67.8 Å². The van der Waals surface area contributed by atoms with Gasteiger partial charge >= 0.3 is 61.6 Å². The van der Waals surface area contributed by atoms with Gasteiger partial charge in [-0.3, -0.25) is 0 Å². The van der Waals surface area contributed by atoms with Crippen LogP contribution in [0.4, 0.5) is 0 Å². The molecule has 0 saturated heterocycles. The minimum atomic E-state index is -4.56. The zero-order valence-corrected chi connectivity index (χ0v) is 41.8. The molecular formula is C46H70CaO14S2. The van der Waals surface area contributed by atoms with Crippen LogP contribution in [0.2, 0.25) is 0 Å². The summed E-state index contributed by atoms with van der Waals surface area (Å²) in [6.45, 7) is 6.12. The van der Waals surface area contributed by atoms with Gasteiger partial charge in [0.05, 0.1) is 46.0 Å². The Kier molecular flexibility index (Phi) is 34.2. The van der Waals surface area contributed by atoms with Crippen LogP contribution in [0.25, 0.3) is 0 Å². The van der Waals surface area contributed by atoms with E-state index in [0.29, 0.717) is 0 Å². The Morgan fingerprint density at radius 2 is 0.651 bits per heavy atom. The first kappa shape index (κ1) is 60.4. The van der Waals surface area contributed by atoms with Gasteiger partial charge in [0, 0.05) is 0 Å². The molecule has 0 bridgehead atoms. The van der Waals surface area contributed by atoms with Crippen molar-refractivity contribution in [1.82, 2.24) is 0 Å². The van der Waals surface area contributed by atoms with Gasteiger partial charge < -0.3 is 28.1 Å². The SMILES string of the molecule is CCCCCCCCCCCCOC(=O)c1ccccc1C(=O)OCC(C)S(=O)(=O)[O-].CCCCCCCCCCCCOC(=O)c1ccccc1C(=O)OCC(C)S(=O)(=O)[O-].[Ca+2]. The van der Waals surface area contributed by atoms with Crippen LogP contribution in [-0.2, 0) is 39.2 Å². The molecule has 0 saturated carbocycles. The van der Waals surface area contributed by atoms with Crippen LogP contribution >= 0.6 is 0 Å². The number of unbranched alkanes of at least 4 members (excludes halogenated alkanes) is 18. The second kappa shape index (κ2) is 35.6. The molecular weight excluding hydrogens is 881 g/mol. The third-order valence-electron chi connectivity index (χ3n) is 10.1. The fourth-order valence-corrected chi connectivity index (χ4v) is 6.52. The van der Waals surface area contributed by atoms with Crippen LogP contribution in [0.1, 0.15) is 198 Å². The molecule has 0 amide bonds.